The van der Waals surface area contributed by atoms with Gasteiger partial charge in [-0.1, -0.05) is 0 Å². The van der Waals surface area contributed by atoms with Crippen LogP contribution in [0.3, 0.4) is 0 Å². The number of benzene rings is 1. The minimum Gasteiger partial charge on any atom is -0.497 e. The molecule has 1 N–H and O–H groups in total. The van der Waals surface area contributed by atoms with E-state index in [2.05, 4.69) is 20.5 Å². The lowest BCUT2D eigenvalue weighted by molar-refractivity contribution is -0.142. The predicted octanol–water partition coefficient (Wildman–Crippen LogP) is 3.40. The highest BCUT2D eigenvalue weighted by Gasteiger charge is 2.35. The van der Waals surface area contributed by atoms with E-state index in [1.165, 1.54) is 13.2 Å². The zero-order valence-corrected chi connectivity index (χ0v) is 17.4. The molecule has 1 aromatic carbocycles. The fourth-order valence-electron chi connectivity index (χ4n) is 3.29. The Kier molecular flexibility index (Phi) is 5.33. The molecule has 0 radical (unpaired) electrons. The summed E-state index contributed by atoms with van der Waals surface area (Å²) in [6.07, 6.45) is -2.95. The first-order chi connectivity index (χ1) is 15.2. The Labute approximate surface area is 180 Å². The fraction of sp³-hybridized carbons (Fsp3) is 0.238. The van der Waals surface area contributed by atoms with Gasteiger partial charge < -0.3 is 10.1 Å². The molecule has 0 bridgehead atoms. The average Bonchev–Trinajstić information content (AvgIpc) is 3.32. The number of aromatic nitrogens is 5. The van der Waals surface area contributed by atoms with Gasteiger partial charge in [-0.25, -0.2) is 9.50 Å². The zero-order valence-electron chi connectivity index (χ0n) is 17.4. The van der Waals surface area contributed by atoms with E-state index in [1.807, 2.05) is 0 Å². The molecule has 3 aromatic heterocycles. The number of methoxy groups -OCH3 is 1. The molecule has 4 aromatic rings. The van der Waals surface area contributed by atoms with E-state index in [0.717, 1.165) is 17.3 Å². The molecule has 0 aliphatic carbocycles. The summed E-state index contributed by atoms with van der Waals surface area (Å²) < 4.78 is 48.6. The van der Waals surface area contributed by atoms with E-state index in [-0.39, 0.29) is 23.6 Å². The van der Waals surface area contributed by atoms with Crippen LogP contribution in [0.5, 0.6) is 5.75 Å². The SMILES string of the molecule is COc1ccc(-c2cc(C(F)(F)F)n3nc(C(=O)NCc4cn(C)nc4C)cc3n2)cc1. The number of rotatable bonds is 5. The van der Waals surface area contributed by atoms with Gasteiger partial charge in [0, 0.05) is 37.0 Å². The predicted molar refractivity (Wildman–Crippen MR) is 109 cm³/mol. The first-order valence-corrected chi connectivity index (χ1v) is 9.55. The van der Waals surface area contributed by atoms with Crippen LogP contribution in [-0.2, 0) is 19.8 Å². The molecule has 0 aliphatic heterocycles. The van der Waals surface area contributed by atoms with Crippen LogP contribution in [0.1, 0.15) is 27.4 Å². The Bertz CT molecular complexity index is 1290. The Morgan fingerprint density at radius 3 is 2.47 bits per heavy atom. The van der Waals surface area contributed by atoms with E-state index in [4.69, 9.17) is 4.74 Å². The Morgan fingerprint density at radius 1 is 1.16 bits per heavy atom. The molecule has 166 valence electrons. The summed E-state index contributed by atoms with van der Waals surface area (Å²) in [7, 11) is 3.25. The Morgan fingerprint density at radius 2 is 1.88 bits per heavy atom. The van der Waals surface area contributed by atoms with Crippen LogP contribution >= 0.6 is 0 Å². The maximum atomic E-state index is 13.7. The third kappa shape index (κ3) is 4.13. The maximum absolute atomic E-state index is 13.7. The summed E-state index contributed by atoms with van der Waals surface area (Å²) in [6.45, 7) is 1.97. The molecule has 0 saturated carbocycles. The van der Waals surface area contributed by atoms with Gasteiger partial charge in [0.1, 0.15) is 5.75 Å². The number of amides is 1. The number of fused-ring (bicyclic) bond motifs is 1. The van der Waals surface area contributed by atoms with Crippen molar-refractivity contribution in [2.75, 3.05) is 7.11 Å². The van der Waals surface area contributed by atoms with Crippen molar-refractivity contribution in [2.45, 2.75) is 19.6 Å². The summed E-state index contributed by atoms with van der Waals surface area (Å²) in [4.78, 5) is 16.8. The van der Waals surface area contributed by atoms with Crippen molar-refractivity contribution in [2.24, 2.45) is 7.05 Å². The number of ether oxygens (including phenoxy) is 1. The molecule has 1 amide bonds. The lowest BCUT2D eigenvalue weighted by atomic mass is 10.1. The minimum absolute atomic E-state index is 0.0895. The number of aryl methyl sites for hydroxylation is 2. The van der Waals surface area contributed by atoms with Crippen LogP contribution in [0.15, 0.2) is 42.6 Å². The van der Waals surface area contributed by atoms with Crippen LogP contribution in [0.4, 0.5) is 13.2 Å². The summed E-state index contributed by atoms with van der Waals surface area (Å²) in [5, 5.41) is 10.7. The van der Waals surface area contributed by atoms with Crippen molar-refractivity contribution in [1.29, 1.82) is 0 Å². The van der Waals surface area contributed by atoms with Gasteiger partial charge in [0.05, 0.1) is 18.5 Å². The number of hydrogen-bond donors (Lipinski definition) is 1. The Balaban J connectivity index is 1.69. The van der Waals surface area contributed by atoms with Gasteiger partial charge in [-0.2, -0.15) is 23.4 Å². The minimum atomic E-state index is -4.70. The van der Waals surface area contributed by atoms with Crippen molar-refractivity contribution in [3.63, 3.8) is 0 Å². The van der Waals surface area contributed by atoms with Crippen LogP contribution in [0, 0.1) is 6.92 Å². The van der Waals surface area contributed by atoms with Gasteiger partial charge in [-0.15, -0.1) is 0 Å². The summed E-state index contributed by atoms with van der Waals surface area (Å²) >= 11 is 0. The summed E-state index contributed by atoms with van der Waals surface area (Å²) in [6, 6.07) is 8.61. The topological polar surface area (TPSA) is 86.3 Å². The molecule has 8 nitrogen and oxygen atoms in total. The van der Waals surface area contributed by atoms with Gasteiger partial charge in [0.2, 0.25) is 0 Å². The summed E-state index contributed by atoms with van der Waals surface area (Å²) in [5.74, 6) is -0.0455. The van der Waals surface area contributed by atoms with E-state index in [1.54, 1.807) is 49.1 Å². The highest BCUT2D eigenvalue weighted by atomic mass is 19.4. The molecule has 0 spiro atoms. The number of nitrogens with zero attached hydrogens (tertiary/aromatic N) is 5. The van der Waals surface area contributed by atoms with Crippen LogP contribution in [0.2, 0.25) is 0 Å². The van der Waals surface area contributed by atoms with Gasteiger partial charge in [0.15, 0.2) is 17.0 Å². The van der Waals surface area contributed by atoms with Crippen LogP contribution in [-0.4, -0.2) is 37.4 Å². The van der Waals surface area contributed by atoms with Crippen molar-refractivity contribution in [1.82, 2.24) is 29.7 Å². The van der Waals surface area contributed by atoms with Crippen molar-refractivity contribution < 1.29 is 22.7 Å². The normalized spacial score (nSPS) is 11.7. The van der Waals surface area contributed by atoms with E-state index < -0.39 is 17.8 Å². The second-order valence-corrected chi connectivity index (χ2v) is 7.15. The molecule has 4 rings (SSSR count). The molecule has 0 fully saturated rings. The van der Waals surface area contributed by atoms with E-state index in [0.29, 0.717) is 15.8 Å². The number of nitrogens with one attached hydrogen (secondary N) is 1. The van der Waals surface area contributed by atoms with E-state index >= 15 is 0 Å². The lowest BCUT2D eigenvalue weighted by Gasteiger charge is -2.11. The van der Waals surface area contributed by atoms with Gasteiger partial charge in [0.25, 0.3) is 5.91 Å². The molecular weight excluding hydrogens is 425 g/mol. The monoisotopic (exact) mass is 444 g/mol. The molecule has 0 aliphatic rings. The fourth-order valence-corrected chi connectivity index (χ4v) is 3.29. The molecule has 3 heterocycles. The third-order valence-corrected chi connectivity index (χ3v) is 4.89. The highest BCUT2D eigenvalue weighted by molar-refractivity contribution is 5.93. The van der Waals surface area contributed by atoms with Gasteiger partial charge in [-0.3, -0.25) is 9.48 Å². The van der Waals surface area contributed by atoms with Crippen LogP contribution in [0.25, 0.3) is 16.9 Å². The Hall–Kier alpha value is -3.89. The average molecular weight is 444 g/mol. The van der Waals surface area contributed by atoms with Crippen LogP contribution < -0.4 is 10.1 Å². The molecule has 11 heteroatoms. The number of alkyl halides is 3. The molecule has 0 saturated heterocycles. The van der Waals surface area contributed by atoms with Crippen molar-refractivity contribution in [3.05, 3.63) is 65.2 Å². The number of carbonyl (C=O) groups excluding carboxylic acids is 1. The largest absolute Gasteiger partial charge is 0.497 e. The van der Waals surface area contributed by atoms with Gasteiger partial charge in [-0.05, 0) is 37.3 Å². The third-order valence-electron chi connectivity index (χ3n) is 4.89. The second kappa shape index (κ2) is 7.98. The molecule has 0 unspecified atom stereocenters. The number of halogens is 3. The lowest BCUT2D eigenvalue weighted by Crippen LogP contribution is -2.23. The maximum Gasteiger partial charge on any atom is 0.433 e. The first-order valence-electron chi connectivity index (χ1n) is 9.55. The second-order valence-electron chi connectivity index (χ2n) is 7.15. The van der Waals surface area contributed by atoms with E-state index in [9.17, 15) is 18.0 Å². The standard InChI is InChI=1S/C21H19F3N6O2/c1-12-14(11-29(2)27-12)10-25-20(31)17-9-19-26-16(13-4-6-15(32-3)7-5-13)8-18(21(22,23)24)30(19)28-17/h4-9,11H,10H2,1-3H3,(H,25,31). The molecule has 0 atom stereocenters. The van der Waals surface area contributed by atoms with Crippen molar-refractivity contribution >= 4 is 11.6 Å². The number of carbonyl (C=O) groups is 1. The van der Waals surface area contributed by atoms with Crippen molar-refractivity contribution in [3.8, 4) is 17.0 Å². The smallest absolute Gasteiger partial charge is 0.433 e. The quantitative estimate of drug-likeness (QED) is 0.510. The highest BCUT2D eigenvalue weighted by Crippen LogP contribution is 2.32. The van der Waals surface area contributed by atoms with Gasteiger partial charge >= 0.3 is 6.18 Å². The summed E-state index contributed by atoms with van der Waals surface area (Å²) in [5.41, 5.74) is 0.817. The number of hydrogen-bond acceptors (Lipinski definition) is 5. The molecular formula is C21H19F3N6O2. The first kappa shape index (κ1) is 21.3. The zero-order chi connectivity index (χ0) is 23.0. The molecule has 32 heavy (non-hydrogen) atoms.